The van der Waals surface area contributed by atoms with Crippen LogP contribution in [0.4, 0.5) is 0 Å². The smallest absolute Gasteiger partial charge is 0.307 e. The normalized spacial score (nSPS) is 12.5. The Morgan fingerprint density at radius 3 is 1.30 bits per heavy atom. The number of aliphatic carboxylic acids is 2. The molecule has 7 heteroatoms. The van der Waals surface area contributed by atoms with Crippen LogP contribution >= 0.6 is 0 Å². The zero-order valence-corrected chi connectivity index (χ0v) is 21.5. The van der Waals surface area contributed by atoms with Crippen molar-refractivity contribution in [3.8, 4) is 0 Å². The quantitative estimate of drug-likeness (QED) is 0.111. The summed E-state index contributed by atoms with van der Waals surface area (Å²) in [7, 11) is 5.87. The van der Waals surface area contributed by atoms with Crippen LogP contribution in [0.25, 0.3) is 0 Å². The van der Waals surface area contributed by atoms with Gasteiger partial charge in [-0.25, -0.2) is 0 Å². The molecule has 0 rings (SSSR count). The molecule has 7 nitrogen and oxygen atoms in total. The van der Waals surface area contributed by atoms with Crippen LogP contribution in [0.1, 0.15) is 116 Å². The Balaban J connectivity index is 3.50. The molecule has 0 saturated carbocycles. The standard InChI is InChI=1S/C26H49NO6/c1-27(2,3)22-23(21-25(30)31)33-26(32)20-18-16-14-12-10-8-6-4-5-7-9-11-13-15-17-19-24(28)29/h23H,4-22H2,1-3H3,(H-,28,29,30,31)/p+1/t23-/m1/s1. The molecule has 2 N–H and O–H groups in total. The molecule has 0 aromatic heterocycles. The molecule has 1 atom stereocenters. The van der Waals surface area contributed by atoms with E-state index in [0.717, 1.165) is 38.5 Å². The lowest BCUT2D eigenvalue weighted by Crippen LogP contribution is -2.43. The van der Waals surface area contributed by atoms with Crippen molar-refractivity contribution in [1.29, 1.82) is 0 Å². The van der Waals surface area contributed by atoms with Gasteiger partial charge in [0.25, 0.3) is 0 Å². The Hall–Kier alpha value is -1.63. The number of hydrogen-bond acceptors (Lipinski definition) is 4. The largest absolute Gasteiger partial charge is 0.481 e. The van der Waals surface area contributed by atoms with Crippen molar-refractivity contribution in [3.63, 3.8) is 0 Å². The number of rotatable bonds is 23. The van der Waals surface area contributed by atoms with E-state index >= 15 is 0 Å². The van der Waals surface area contributed by atoms with E-state index in [1.54, 1.807) is 0 Å². The summed E-state index contributed by atoms with van der Waals surface area (Å²) in [5.74, 6) is -1.91. The number of hydrogen-bond donors (Lipinski definition) is 2. The van der Waals surface area contributed by atoms with Crippen LogP contribution in [0.2, 0.25) is 0 Å². The van der Waals surface area contributed by atoms with Gasteiger partial charge in [0.1, 0.15) is 6.54 Å². The third-order valence-electron chi connectivity index (χ3n) is 5.72. The molecule has 0 aliphatic rings. The molecule has 0 unspecified atom stereocenters. The molecule has 0 bridgehead atoms. The van der Waals surface area contributed by atoms with Gasteiger partial charge in [-0.3, -0.25) is 14.4 Å². The average Bonchev–Trinajstić information content (AvgIpc) is 2.68. The molecule has 0 aromatic rings. The van der Waals surface area contributed by atoms with E-state index in [1.165, 1.54) is 57.8 Å². The van der Waals surface area contributed by atoms with Crippen LogP contribution in [-0.4, -0.2) is 66.4 Å². The molecular formula is C26H50NO6+. The van der Waals surface area contributed by atoms with Gasteiger partial charge in [0.2, 0.25) is 0 Å². The number of quaternary nitrogens is 1. The predicted molar refractivity (Wildman–Crippen MR) is 131 cm³/mol. The first-order chi connectivity index (χ1) is 15.6. The number of ether oxygens (including phenoxy) is 1. The van der Waals surface area contributed by atoms with Gasteiger partial charge in [0.15, 0.2) is 6.10 Å². The number of carbonyl (C=O) groups excluding carboxylic acids is 1. The molecule has 0 aliphatic heterocycles. The lowest BCUT2D eigenvalue weighted by molar-refractivity contribution is -0.873. The van der Waals surface area contributed by atoms with Crippen molar-refractivity contribution in [2.75, 3.05) is 27.7 Å². The van der Waals surface area contributed by atoms with E-state index in [0.29, 0.717) is 23.9 Å². The van der Waals surface area contributed by atoms with Crippen LogP contribution in [-0.2, 0) is 19.1 Å². The van der Waals surface area contributed by atoms with Gasteiger partial charge in [-0.1, -0.05) is 83.5 Å². The van der Waals surface area contributed by atoms with Gasteiger partial charge in [-0.15, -0.1) is 0 Å². The fourth-order valence-electron chi connectivity index (χ4n) is 4.04. The van der Waals surface area contributed by atoms with E-state index in [9.17, 15) is 14.4 Å². The first-order valence-electron chi connectivity index (χ1n) is 13.0. The zero-order valence-electron chi connectivity index (χ0n) is 21.5. The maximum atomic E-state index is 12.0. The number of carboxylic acid groups (broad SMARTS) is 2. The van der Waals surface area contributed by atoms with Crippen molar-refractivity contribution in [1.82, 2.24) is 0 Å². The number of carboxylic acids is 2. The number of esters is 1. The van der Waals surface area contributed by atoms with Crippen molar-refractivity contribution >= 4 is 17.9 Å². The second kappa shape index (κ2) is 19.8. The molecule has 0 heterocycles. The van der Waals surface area contributed by atoms with Crippen LogP contribution < -0.4 is 0 Å². The van der Waals surface area contributed by atoms with Gasteiger partial charge in [-0.2, -0.15) is 0 Å². The predicted octanol–water partition coefficient (Wildman–Crippen LogP) is 5.80. The number of nitrogens with zero attached hydrogens (tertiary/aromatic N) is 1. The lowest BCUT2D eigenvalue weighted by atomic mass is 10.0. The van der Waals surface area contributed by atoms with Gasteiger partial charge in [-0.05, 0) is 12.8 Å². The molecule has 0 amide bonds. The summed E-state index contributed by atoms with van der Waals surface area (Å²) < 4.78 is 5.97. The summed E-state index contributed by atoms with van der Waals surface area (Å²) >= 11 is 0. The summed E-state index contributed by atoms with van der Waals surface area (Å²) in [4.78, 5) is 33.5. The average molecular weight is 473 g/mol. The van der Waals surface area contributed by atoms with Crippen LogP contribution in [0.3, 0.4) is 0 Å². The van der Waals surface area contributed by atoms with E-state index in [4.69, 9.17) is 14.9 Å². The molecule has 0 radical (unpaired) electrons. The Morgan fingerprint density at radius 1 is 0.606 bits per heavy atom. The number of carbonyl (C=O) groups is 3. The third-order valence-corrected chi connectivity index (χ3v) is 5.72. The van der Waals surface area contributed by atoms with Gasteiger partial charge < -0.3 is 19.4 Å². The maximum absolute atomic E-state index is 12.0. The molecule has 194 valence electrons. The minimum Gasteiger partial charge on any atom is -0.481 e. The van der Waals surface area contributed by atoms with Crippen LogP contribution in [0, 0.1) is 0 Å². The minimum atomic E-state index is -0.939. The fraction of sp³-hybridized carbons (Fsp3) is 0.885. The van der Waals surface area contributed by atoms with E-state index < -0.39 is 18.0 Å². The molecule has 0 fully saturated rings. The molecule has 0 aromatic carbocycles. The molecular weight excluding hydrogens is 422 g/mol. The maximum Gasteiger partial charge on any atom is 0.307 e. The highest BCUT2D eigenvalue weighted by atomic mass is 16.5. The monoisotopic (exact) mass is 472 g/mol. The number of unbranched alkanes of at least 4 members (excludes halogenated alkanes) is 14. The highest BCUT2D eigenvalue weighted by molar-refractivity contribution is 5.71. The summed E-state index contributed by atoms with van der Waals surface area (Å²) in [6.07, 6.45) is 17.3. The summed E-state index contributed by atoms with van der Waals surface area (Å²) in [5.41, 5.74) is 0. The number of likely N-dealkylation sites (N-methyl/N-ethyl adjacent to an activating group) is 1. The third kappa shape index (κ3) is 24.8. The first kappa shape index (κ1) is 31.4. The first-order valence-corrected chi connectivity index (χ1v) is 13.0. The zero-order chi connectivity index (χ0) is 25.0. The van der Waals surface area contributed by atoms with Crippen molar-refractivity contribution in [3.05, 3.63) is 0 Å². The Labute approximate surface area is 201 Å². The van der Waals surface area contributed by atoms with E-state index in [1.807, 2.05) is 21.1 Å². The lowest BCUT2D eigenvalue weighted by Gasteiger charge is -2.28. The topological polar surface area (TPSA) is 101 Å². The van der Waals surface area contributed by atoms with Gasteiger partial charge >= 0.3 is 17.9 Å². The molecule has 0 spiro atoms. The van der Waals surface area contributed by atoms with Crippen molar-refractivity contribution in [2.45, 2.75) is 122 Å². The van der Waals surface area contributed by atoms with E-state index in [2.05, 4.69) is 0 Å². The summed E-state index contributed by atoms with van der Waals surface area (Å²) in [6, 6.07) is 0. The van der Waals surface area contributed by atoms with Gasteiger partial charge in [0.05, 0.1) is 27.6 Å². The second-order valence-electron chi connectivity index (χ2n) is 10.4. The summed E-state index contributed by atoms with van der Waals surface area (Å²) in [5, 5.41) is 17.6. The van der Waals surface area contributed by atoms with Crippen molar-refractivity contribution in [2.24, 2.45) is 0 Å². The Morgan fingerprint density at radius 2 is 0.970 bits per heavy atom. The van der Waals surface area contributed by atoms with Gasteiger partial charge in [0, 0.05) is 12.8 Å². The molecule has 33 heavy (non-hydrogen) atoms. The van der Waals surface area contributed by atoms with Crippen molar-refractivity contribution < 1.29 is 33.8 Å². The Bertz CT molecular complexity index is 529. The van der Waals surface area contributed by atoms with E-state index in [-0.39, 0.29) is 12.4 Å². The van der Waals surface area contributed by atoms with Crippen LogP contribution in [0.15, 0.2) is 0 Å². The second-order valence-corrected chi connectivity index (χ2v) is 10.4. The highest BCUT2D eigenvalue weighted by Crippen LogP contribution is 2.14. The summed E-state index contributed by atoms with van der Waals surface area (Å²) in [6.45, 7) is 0.493. The minimum absolute atomic E-state index is 0.143. The molecule has 0 saturated heterocycles. The van der Waals surface area contributed by atoms with Crippen LogP contribution in [0.5, 0.6) is 0 Å². The molecule has 0 aliphatic carbocycles. The fourth-order valence-corrected chi connectivity index (χ4v) is 4.04. The SMILES string of the molecule is C[N+](C)(C)C[C@@H](CC(=O)O)OC(=O)CCCCCCCCCCCCCCCCCC(=O)O. The highest BCUT2D eigenvalue weighted by Gasteiger charge is 2.24. The Kier molecular flexibility index (Phi) is 18.8.